The number of piperazine rings is 1. The SMILES string of the molecule is O=C(CN1CCN(C(=O)/C=C/c2cn(-c3ccccc3)nc2-c2cccnc2)CC1)NC1CC1. The van der Waals surface area contributed by atoms with E-state index in [0.717, 1.165) is 35.3 Å². The molecule has 34 heavy (non-hydrogen) atoms. The van der Waals surface area contributed by atoms with Gasteiger partial charge in [0.2, 0.25) is 11.8 Å². The largest absolute Gasteiger partial charge is 0.352 e. The van der Waals surface area contributed by atoms with Crippen LogP contribution in [-0.2, 0) is 9.59 Å². The van der Waals surface area contributed by atoms with E-state index >= 15 is 0 Å². The Kier molecular flexibility index (Phi) is 6.49. The Morgan fingerprint density at radius 2 is 1.82 bits per heavy atom. The van der Waals surface area contributed by atoms with Gasteiger partial charge in [-0.1, -0.05) is 18.2 Å². The molecule has 0 bridgehead atoms. The first kappa shape index (κ1) is 22.0. The minimum atomic E-state index is -0.0355. The van der Waals surface area contributed by atoms with E-state index in [9.17, 15) is 9.59 Å². The molecule has 3 aromatic rings. The van der Waals surface area contributed by atoms with Gasteiger partial charge in [0.05, 0.1) is 12.2 Å². The van der Waals surface area contributed by atoms with Crippen molar-refractivity contribution in [1.82, 2.24) is 29.9 Å². The Labute approximate surface area is 198 Å². The molecule has 1 aromatic carbocycles. The second-order valence-corrected chi connectivity index (χ2v) is 8.73. The topological polar surface area (TPSA) is 83.4 Å². The summed E-state index contributed by atoms with van der Waals surface area (Å²) in [5.41, 5.74) is 3.45. The monoisotopic (exact) mass is 456 g/mol. The molecule has 174 valence electrons. The van der Waals surface area contributed by atoms with Gasteiger partial charge in [0, 0.05) is 68.0 Å². The lowest BCUT2D eigenvalue weighted by atomic mass is 10.1. The van der Waals surface area contributed by atoms with Crippen molar-refractivity contribution in [2.45, 2.75) is 18.9 Å². The predicted octanol–water partition coefficient (Wildman–Crippen LogP) is 2.37. The van der Waals surface area contributed by atoms with Gasteiger partial charge in [0.25, 0.3) is 0 Å². The number of nitrogens with one attached hydrogen (secondary N) is 1. The summed E-state index contributed by atoms with van der Waals surface area (Å²) < 4.78 is 1.82. The third-order valence-electron chi connectivity index (χ3n) is 6.10. The van der Waals surface area contributed by atoms with Crippen LogP contribution >= 0.6 is 0 Å². The first-order valence-corrected chi connectivity index (χ1v) is 11.7. The van der Waals surface area contributed by atoms with Crippen LogP contribution in [0.5, 0.6) is 0 Å². The molecule has 1 aliphatic heterocycles. The number of carbonyl (C=O) groups is 2. The van der Waals surface area contributed by atoms with Gasteiger partial charge in [0.15, 0.2) is 0 Å². The molecule has 2 aliphatic rings. The second kappa shape index (κ2) is 10.0. The Morgan fingerprint density at radius 3 is 2.53 bits per heavy atom. The minimum absolute atomic E-state index is 0.0355. The summed E-state index contributed by atoms with van der Waals surface area (Å²) in [7, 11) is 0. The predicted molar refractivity (Wildman–Crippen MR) is 130 cm³/mol. The van der Waals surface area contributed by atoms with E-state index < -0.39 is 0 Å². The van der Waals surface area contributed by atoms with Gasteiger partial charge < -0.3 is 10.2 Å². The normalized spacial score (nSPS) is 16.6. The molecule has 1 saturated carbocycles. The van der Waals surface area contributed by atoms with Crippen molar-refractivity contribution >= 4 is 17.9 Å². The zero-order valence-electron chi connectivity index (χ0n) is 19.0. The molecule has 2 aromatic heterocycles. The number of pyridine rings is 1. The maximum atomic E-state index is 12.9. The van der Waals surface area contributed by atoms with Gasteiger partial charge in [-0.2, -0.15) is 5.10 Å². The van der Waals surface area contributed by atoms with Crippen molar-refractivity contribution in [3.05, 3.63) is 72.7 Å². The fraction of sp³-hybridized carbons (Fsp3) is 0.308. The summed E-state index contributed by atoms with van der Waals surface area (Å²) in [6, 6.07) is 14.1. The summed E-state index contributed by atoms with van der Waals surface area (Å²) in [5, 5.41) is 7.78. The van der Waals surface area contributed by atoms with Crippen LogP contribution < -0.4 is 5.32 Å². The highest BCUT2D eigenvalue weighted by Gasteiger charge is 2.26. The third kappa shape index (κ3) is 5.40. The van der Waals surface area contributed by atoms with E-state index in [0.29, 0.717) is 38.8 Å². The van der Waals surface area contributed by atoms with Crippen LogP contribution in [0.2, 0.25) is 0 Å². The molecule has 5 rings (SSSR count). The van der Waals surface area contributed by atoms with Crippen molar-refractivity contribution < 1.29 is 9.59 Å². The van der Waals surface area contributed by atoms with Crippen LogP contribution in [0, 0.1) is 0 Å². The van der Waals surface area contributed by atoms with Crippen LogP contribution in [0.4, 0.5) is 0 Å². The van der Waals surface area contributed by atoms with E-state index in [1.165, 1.54) is 0 Å². The van der Waals surface area contributed by atoms with Gasteiger partial charge in [0.1, 0.15) is 5.69 Å². The van der Waals surface area contributed by atoms with Crippen LogP contribution in [0.3, 0.4) is 0 Å². The average molecular weight is 457 g/mol. The number of hydrogen-bond acceptors (Lipinski definition) is 5. The molecule has 0 atom stereocenters. The third-order valence-corrected chi connectivity index (χ3v) is 6.10. The number of carbonyl (C=O) groups excluding carboxylic acids is 2. The van der Waals surface area contributed by atoms with E-state index in [2.05, 4.69) is 15.2 Å². The zero-order chi connectivity index (χ0) is 23.3. The van der Waals surface area contributed by atoms with Crippen molar-refractivity contribution in [2.75, 3.05) is 32.7 Å². The fourth-order valence-electron chi connectivity index (χ4n) is 4.05. The van der Waals surface area contributed by atoms with Gasteiger partial charge in [-0.15, -0.1) is 0 Å². The van der Waals surface area contributed by atoms with Crippen molar-refractivity contribution in [1.29, 1.82) is 0 Å². The zero-order valence-corrected chi connectivity index (χ0v) is 19.0. The molecule has 1 N–H and O–H groups in total. The van der Waals surface area contributed by atoms with Gasteiger partial charge in [-0.3, -0.25) is 19.5 Å². The van der Waals surface area contributed by atoms with Crippen molar-refractivity contribution in [3.63, 3.8) is 0 Å². The molecule has 1 aliphatic carbocycles. The molecule has 0 unspecified atom stereocenters. The lowest BCUT2D eigenvalue weighted by Crippen LogP contribution is -2.51. The molecule has 0 radical (unpaired) electrons. The number of hydrogen-bond donors (Lipinski definition) is 1. The van der Waals surface area contributed by atoms with Crippen LogP contribution in [0.15, 0.2) is 67.1 Å². The summed E-state index contributed by atoms with van der Waals surface area (Å²) in [6.07, 6.45) is 11.0. The molecule has 0 spiro atoms. The highest BCUT2D eigenvalue weighted by molar-refractivity contribution is 5.93. The molecular formula is C26H28N6O2. The Bertz CT molecular complexity index is 1160. The number of para-hydroxylation sites is 1. The van der Waals surface area contributed by atoms with Gasteiger partial charge in [-0.05, 0) is 43.2 Å². The summed E-state index contributed by atoms with van der Waals surface area (Å²) in [6.45, 7) is 3.02. The number of amides is 2. The number of aromatic nitrogens is 3. The van der Waals surface area contributed by atoms with Crippen molar-refractivity contribution in [3.8, 4) is 16.9 Å². The van der Waals surface area contributed by atoms with E-state index in [-0.39, 0.29) is 11.8 Å². The molecule has 8 nitrogen and oxygen atoms in total. The maximum absolute atomic E-state index is 12.9. The summed E-state index contributed by atoms with van der Waals surface area (Å²) >= 11 is 0. The van der Waals surface area contributed by atoms with Gasteiger partial charge >= 0.3 is 0 Å². The lowest BCUT2D eigenvalue weighted by Gasteiger charge is -2.33. The first-order chi connectivity index (χ1) is 16.7. The number of nitrogens with zero attached hydrogens (tertiary/aromatic N) is 5. The van der Waals surface area contributed by atoms with E-state index in [1.54, 1.807) is 18.5 Å². The standard InChI is InChI=1S/C26H28N6O2/c33-24(28-22-9-10-22)19-30-13-15-31(16-14-30)25(34)11-8-21-18-32(23-6-2-1-3-7-23)29-26(21)20-5-4-12-27-17-20/h1-8,11-12,17-18,22H,9-10,13-16,19H2,(H,28,33)/b11-8+. The highest BCUT2D eigenvalue weighted by Crippen LogP contribution is 2.24. The van der Waals surface area contributed by atoms with Crippen LogP contribution in [0.1, 0.15) is 18.4 Å². The Balaban J connectivity index is 1.25. The Hall–Kier alpha value is -3.78. The quantitative estimate of drug-likeness (QED) is 0.552. The van der Waals surface area contributed by atoms with Crippen molar-refractivity contribution in [2.24, 2.45) is 0 Å². The molecule has 2 fully saturated rings. The van der Waals surface area contributed by atoms with E-state index in [1.807, 2.05) is 64.3 Å². The summed E-state index contributed by atoms with van der Waals surface area (Å²) in [4.78, 5) is 33.1. The maximum Gasteiger partial charge on any atom is 0.246 e. The minimum Gasteiger partial charge on any atom is -0.352 e. The lowest BCUT2D eigenvalue weighted by molar-refractivity contribution is -0.128. The van der Waals surface area contributed by atoms with Crippen LogP contribution in [-0.4, -0.2) is 75.1 Å². The van der Waals surface area contributed by atoms with E-state index in [4.69, 9.17) is 5.10 Å². The highest BCUT2D eigenvalue weighted by atomic mass is 16.2. The molecule has 8 heteroatoms. The molecule has 1 saturated heterocycles. The smallest absolute Gasteiger partial charge is 0.246 e. The number of benzene rings is 1. The average Bonchev–Trinajstić information content (AvgIpc) is 3.58. The first-order valence-electron chi connectivity index (χ1n) is 11.7. The second-order valence-electron chi connectivity index (χ2n) is 8.73. The fourth-order valence-corrected chi connectivity index (χ4v) is 4.05. The van der Waals surface area contributed by atoms with Crippen LogP contribution in [0.25, 0.3) is 23.0 Å². The molecule has 2 amide bonds. The molecular weight excluding hydrogens is 428 g/mol. The Morgan fingerprint density at radius 1 is 1.03 bits per heavy atom. The summed E-state index contributed by atoms with van der Waals surface area (Å²) in [5.74, 6) is 0.0483. The number of rotatable bonds is 7. The molecule has 3 heterocycles. The van der Waals surface area contributed by atoms with Gasteiger partial charge in [-0.25, -0.2) is 4.68 Å².